The zero-order valence-corrected chi connectivity index (χ0v) is 8.56. The third-order valence-corrected chi connectivity index (χ3v) is 2.07. The van der Waals surface area contributed by atoms with Crippen molar-refractivity contribution < 1.29 is 23.4 Å². The first-order chi connectivity index (χ1) is 7.22. The molecule has 15 heavy (non-hydrogen) atoms. The Morgan fingerprint density at radius 1 is 1.47 bits per heavy atom. The van der Waals surface area contributed by atoms with Crippen molar-refractivity contribution >= 4 is 5.97 Å². The lowest BCUT2D eigenvalue weighted by Gasteiger charge is -2.33. The van der Waals surface area contributed by atoms with Gasteiger partial charge in [0, 0.05) is 0 Å². The average Bonchev–Trinajstić information content (AvgIpc) is 2.61. The van der Waals surface area contributed by atoms with Crippen LogP contribution in [0, 0.1) is 0 Å². The Kier molecular flexibility index (Phi) is 2.75. The molecule has 0 aromatic carbocycles. The smallest absolute Gasteiger partial charge is 0.341 e. The van der Waals surface area contributed by atoms with Crippen molar-refractivity contribution in [2.75, 3.05) is 6.61 Å². The predicted octanol–water partition coefficient (Wildman–Crippen LogP) is 1.85. The number of furan rings is 1. The first-order valence-electron chi connectivity index (χ1n) is 4.76. The van der Waals surface area contributed by atoms with E-state index in [2.05, 4.69) is 0 Å². The fourth-order valence-electron chi connectivity index (χ4n) is 1.37. The summed E-state index contributed by atoms with van der Waals surface area (Å²) in [6, 6.07) is 0. The molecule has 0 amide bonds. The third kappa shape index (κ3) is 1.88. The molecule has 1 aromatic heterocycles. The summed E-state index contributed by atoms with van der Waals surface area (Å²) in [6.45, 7) is 3.85. The Balaban J connectivity index is 2.11. The molecule has 82 valence electrons. The maximum absolute atomic E-state index is 11.5. The molecule has 2 heterocycles. The zero-order valence-electron chi connectivity index (χ0n) is 8.56. The van der Waals surface area contributed by atoms with Gasteiger partial charge in [-0.3, -0.25) is 0 Å². The summed E-state index contributed by atoms with van der Waals surface area (Å²) in [4.78, 5) is 11.5. The molecular weight excluding hydrogens is 200 g/mol. The molecule has 1 aromatic rings. The first-order valence-corrected chi connectivity index (χ1v) is 4.76. The molecule has 0 bridgehead atoms. The van der Waals surface area contributed by atoms with Gasteiger partial charge in [0.2, 0.25) is 0 Å². The number of carbonyl (C=O) groups is 1. The highest BCUT2D eigenvalue weighted by Gasteiger charge is 2.33. The van der Waals surface area contributed by atoms with Gasteiger partial charge in [-0.2, -0.15) is 0 Å². The predicted molar refractivity (Wildman–Crippen MR) is 49.0 cm³/mol. The van der Waals surface area contributed by atoms with Crippen LogP contribution in [0.5, 0.6) is 0 Å². The zero-order chi connectivity index (χ0) is 10.8. The Bertz CT molecular complexity index is 350. The summed E-state index contributed by atoms with van der Waals surface area (Å²) in [6.07, 6.45) is 2.02. The summed E-state index contributed by atoms with van der Waals surface area (Å²) in [5.74, 6) is -0.423. The van der Waals surface area contributed by atoms with Crippen LogP contribution in [-0.2, 0) is 14.2 Å². The van der Waals surface area contributed by atoms with E-state index in [0.29, 0.717) is 17.7 Å². The van der Waals surface area contributed by atoms with E-state index in [0.717, 1.165) is 0 Å². The van der Waals surface area contributed by atoms with E-state index in [9.17, 15) is 4.79 Å². The first kappa shape index (κ1) is 10.2. The van der Waals surface area contributed by atoms with Crippen molar-refractivity contribution in [1.29, 1.82) is 0 Å². The number of esters is 1. The molecule has 0 saturated carbocycles. The second-order valence-electron chi connectivity index (χ2n) is 3.13. The molecule has 0 aliphatic carbocycles. The van der Waals surface area contributed by atoms with Crippen LogP contribution in [0.1, 0.15) is 36.1 Å². The van der Waals surface area contributed by atoms with E-state index in [1.165, 1.54) is 12.5 Å². The van der Waals surface area contributed by atoms with Crippen LogP contribution in [0.25, 0.3) is 0 Å². The summed E-state index contributed by atoms with van der Waals surface area (Å²) in [5, 5.41) is 0. The van der Waals surface area contributed by atoms with Gasteiger partial charge < -0.3 is 18.6 Å². The lowest BCUT2D eigenvalue weighted by atomic mass is 10.2. The molecule has 5 nitrogen and oxygen atoms in total. The Morgan fingerprint density at radius 2 is 2.20 bits per heavy atom. The van der Waals surface area contributed by atoms with Crippen molar-refractivity contribution in [3.05, 3.63) is 23.7 Å². The molecule has 1 aliphatic heterocycles. The largest absolute Gasteiger partial charge is 0.471 e. The maximum atomic E-state index is 11.5. The molecule has 1 fully saturated rings. The van der Waals surface area contributed by atoms with Crippen molar-refractivity contribution in [2.24, 2.45) is 0 Å². The van der Waals surface area contributed by atoms with Crippen LogP contribution in [-0.4, -0.2) is 18.9 Å². The van der Waals surface area contributed by atoms with E-state index in [4.69, 9.17) is 18.6 Å². The van der Waals surface area contributed by atoms with E-state index in [1.54, 1.807) is 13.8 Å². The van der Waals surface area contributed by atoms with Crippen LogP contribution in [0.15, 0.2) is 16.9 Å². The van der Waals surface area contributed by atoms with Crippen molar-refractivity contribution in [3.63, 3.8) is 0 Å². The molecule has 0 radical (unpaired) electrons. The number of carbonyl (C=O) groups excluding carboxylic acids is 1. The normalized spacial score (nSPS) is 24.7. The minimum atomic E-state index is -0.516. The second-order valence-corrected chi connectivity index (χ2v) is 3.13. The highest BCUT2D eigenvalue weighted by Crippen LogP contribution is 2.34. The minimum Gasteiger partial charge on any atom is -0.471 e. The van der Waals surface area contributed by atoms with Crippen molar-refractivity contribution in [3.8, 4) is 0 Å². The van der Waals surface area contributed by atoms with Gasteiger partial charge in [-0.25, -0.2) is 4.79 Å². The third-order valence-electron chi connectivity index (χ3n) is 2.07. The van der Waals surface area contributed by atoms with Gasteiger partial charge in [-0.15, -0.1) is 0 Å². The molecular formula is C10H12O5. The van der Waals surface area contributed by atoms with Gasteiger partial charge in [0.1, 0.15) is 11.8 Å². The fourth-order valence-corrected chi connectivity index (χ4v) is 1.37. The number of hydrogen-bond acceptors (Lipinski definition) is 5. The van der Waals surface area contributed by atoms with Gasteiger partial charge in [0.15, 0.2) is 12.6 Å². The second kappa shape index (κ2) is 4.04. The number of ether oxygens (including phenoxy) is 3. The summed E-state index contributed by atoms with van der Waals surface area (Å²) >= 11 is 0. The number of hydrogen-bond donors (Lipinski definition) is 0. The van der Waals surface area contributed by atoms with Crippen molar-refractivity contribution in [1.82, 2.24) is 0 Å². The quantitative estimate of drug-likeness (QED) is 0.715. The van der Waals surface area contributed by atoms with Crippen LogP contribution >= 0.6 is 0 Å². The standard InChI is InChI=1S/C10H12O5/c1-3-13-9(11)7-4-12-5-8(7)10-14-6(2)15-10/h4-6,10H,3H2,1-2H3. The van der Waals surface area contributed by atoms with E-state index < -0.39 is 12.3 Å². The average molecular weight is 212 g/mol. The van der Waals surface area contributed by atoms with Crippen LogP contribution < -0.4 is 0 Å². The minimum absolute atomic E-state index is 0.236. The summed E-state index contributed by atoms with van der Waals surface area (Å²) in [5.41, 5.74) is 0.931. The monoisotopic (exact) mass is 212 g/mol. The van der Waals surface area contributed by atoms with Gasteiger partial charge in [-0.05, 0) is 13.8 Å². The molecule has 0 unspecified atom stereocenters. The molecule has 2 rings (SSSR count). The highest BCUT2D eigenvalue weighted by atomic mass is 16.9. The van der Waals surface area contributed by atoms with E-state index in [-0.39, 0.29) is 6.29 Å². The molecule has 1 aliphatic rings. The number of rotatable bonds is 3. The maximum Gasteiger partial charge on any atom is 0.341 e. The van der Waals surface area contributed by atoms with Crippen LogP contribution in [0.3, 0.4) is 0 Å². The van der Waals surface area contributed by atoms with E-state index >= 15 is 0 Å². The summed E-state index contributed by atoms with van der Waals surface area (Å²) in [7, 11) is 0. The van der Waals surface area contributed by atoms with E-state index in [1.807, 2.05) is 0 Å². The summed E-state index contributed by atoms with van der Waals surface area (Å²) < 4.78 is 20.3. The van der Waals surface area contributed by atoms with Gasteiger partial charge >= 0.3 is 5.97 Å². The topological polar surface area (TPSA) is 57.9 Å². The molecule has 0 N–H and O–H groups in total. The fraction of sp³-hybridized carbons (Fsp3) is 0.500. The molecule has 5 heteroatoms. The molecule has 1 saturated heterocycles. The lowest BCUT2D eigenvalue weighted by molar-refractivity contribution is -0.382. The molecule has 0 spiro atoms. The SMILES string of the molecule is CCOC(=O)c1cocc1C1OC(C)O1. The van der Waals surface area contributed by atoms with Gasteiger partial charge in [-0.1, -0.05) is 0 Å². The van der Waals surface area contributed by atoms with Crippen LogP contribution in [0.4, 0.5) is 0 Å². The van der Waals surface area contributed by atoms with Crippen LogP contribution in [0.2, 0.25) is 0 Å². The Hall–Kier alpha value is -1.33. The van der Waals surface area contributed by atoms with Gasteiger partial charge in [0.25, 0.3) is 0 Å². The Morgan fingerprint density at radius 3 is 2.80 bits per heavy atom. The van der Waals surface area contributed by atoms with Crippen molar-refractivity contribution in [2.45, 2.75) is 26.4 Å². The molecule has 0 atom stereocenters. The lowest BCUT2D eigenvalue weighted by Crippen LogP contribution is -2.32. The highest BCUT2D eigenvalue weighted by molar-refractivity contribution is 5.90. The Labute approximate surface area is 86.9 Å². The van der Waals surface area contributed by atoms with Gasteiger partial charge in [0.05, 0.1) is 18.4 Å².